The molecule has 0 spiro atoms. The topological polar surface area (TPSA) is 84.5 Å². The quantitative estimate of drug-likeness (QED) is 0.309. The first-order valence-electron chi connectivity index (χ1n) is 4.14. The molecule has 0 aliphatic carbocycles. The zero-order valence-electron chi connectivity index (χ0n) is 7.77. The Balaban J connectivity index is 2.86. The van der Waals surface area contributed by atoms with Crippen LogP contribution in [-0.2, 0) is 19.6 Å². The van der Waals surface area contributed by atoms with Gasteiger partial charge in [0.2, 0.25) is 0 Å². The van der Waals surface area contributed by atoms with Crippen molar-refractivity contribution >= 4 is 0 Å². The fourth-order valence-corrected chi connectivity index (χ4v) is 0.478. The minimum Gasteiger partial charge on any atom is -0.236 e. The molecule has 0 rings (SSSR count). The number of nitrogens with zero attached hydrogens (tertiary/aromatic N) is 2. The van der Waals surface area contributed by atoms with E-state index in [1.165, 1.54) is 0 Å². The van der Waals surface area contributed by atoms with Gasteiger partial charge in [0.25, 0.3) is 0 Å². The van der Waals surface area contributed by atoms with Crippen LogP contribution in [0, 0.1) is 22.7 Å². The predicted octanol–water partition coefficient (Wildman–Crippen LogP) is 0.710. The molecule has 14 heavy (non-hydrogen) atoms. The summed E-state index contributed by atoms with van der Waals surface area (Å²) in [7, 11) is 0. The van der Waals surface area contributed by atoms with Crippen molar-refractivity contribution in [2.24, 2.45) is 0 Å². The van der Waals surface area contributed by atoms with Crippen molar-refractivity contribution in [2.75, 3.05) is 26.4 Å². The third kappa shape index (κ3) is 10.8. The first-order chi connectivity index (χ1) is 6.91. The van der Waals surface area contributed by atoms with Gasteiger partial charge in [-0.3, -0.25) is 0 Å². The normalized spacial score (nSPS) is 9.29. The summed E-state index contributed by atoms with van der Waals surface area (Å²) in [5.41, 5.74) is 0. The van der Waals surface area contributed by atoms with Gasteiger partial charge in [0.05, 0.1) is 38.2 Å². The highest BCUT2D eigenvalue weighted by molar-refractivity contribution is 4.66. The molecule has 0 fully saturated rings. The van der Waals surface area contributed by atoms with Gasteiger partial charge in [-0.15, -0.1) is 0 Å². The van der Waals surface area contributed by atoms with E-state index in [0.29, 0.717) is 12.8 Å². The van der Waals surface area contributed by atoms with Gasteiger partial charge >= 0.3 is 0 Å². The van der Waals surface area contributed by atoms with Crippen LogP contribution in [0.2, 0.25) is 0 Å². The van der Waals surface area contributed by atoms with Crippen molar-refractivity contribution in [1.29, 1.82) is 10.5 Å². The van der Waals surface area contributed by atoms with Crippen molar-refractivity contribution < 1.29 is 19.6 Å². The Morgan fingerprint density at radius 3 is 1.36 bits per heavy atom. The van der Waals surface area contributed by atoms with E-state index < -0.39 is 0 Å². The van der Waals surface area contributed by atoms with Gasteiger partial charge in [0.15, 0.2) is 0 Å². The number of hydrogen-bond donors (Lipinski definition) is 0. The maximum absolute atomic E-state index is 8.13. The Morgan fingerprint density at radius 1 is 0.643 bits per heavy atom. The van der Waals surface area contributed by atoms with Gasteiger partial charge in [-0.05, 0) is 0 Å². The molecule has 6 heteroatoms. The van der Waals surface area contributed by atoms with Crippen LogP contribution in [0.15, 0.2) is 0 Å². The fraction of sp³-hybridized carbons (Fsp3) is 0.750. The van der Waals surface area contributed by atoms with Gasteiger partial charge in [-0.25, -0.2) is 19.6 Å². The zero-order valence-corrected chi connectivity index (χ0v) is 7.77. The second-order valence-corrected chi connectivity index (χ2v) is 2.10. The van der Waals surface area contributed by atoms with Crippen LogP contribution in [0.1, 0.15) is 12.8 Å². The summed E-state index contributed by atoms with van der Waals surface area (Å²) >= 11 is 0. The molecular weight excluding hydrogens is 188 g/mol. The number of nitriles is 2. The maximum Gasteiger partial charge on any atom is 0.109 e. The minimum atomic E-state index is 0.220. The summed E-state index contributed by atoms with van der Waals surface area (Å²) < 4.78 is 0. The average Bonchev–Trinajstić information content (AvgIpc) is 2.21. The molecule has 78 valence electrons. The lowest BCUT2D eigenvalue weighted by Gasteiger charge is -2.02. The van der Waals surface area contributed by atoms with Crippen molar-refractivity contribution in [3.05, 3.63) is 0 Å². The molecule has 0 amide bonds. The Hall–Kier alpha value is -1.18. The van der Waals surface area contributed by atoms with E-state index in [1.54, 1.807) is 0 Å². The first-order valence-corrected chi connectivity index (χ1v) is 4.14. The monoisotopic (exact) mass is 200 g/mol. The Morgan fingerprint density at radius 2 is 1.00 bits per heavy atom. The van der Waals surface area contributed by atoms with E-state index in [-0.39, 0.29) is 26.4 Å². The highest BCUT2D eigenvalue weighted by Gasteiger charge is 1.91. The fourth-order valence-electron chi connectivity index (χ4n) is 0.478. The van der Waals surface area contributed by atoms with Gasteiger partial charge in [0.1, 0.15) is 13.2 Å². The van der Waals surface area contributed by atoms with Crippen molar-refractivity contribution in [3.8, 4) is 12.1 Å². The molecule has 0 aliphatic rings. The largest absolute Gasteiger partial charge is 0.236 e. The summed E-state index contributed by atoms with van der Waals surface area (Å²) in [4.78, 5) is 18.4. The van der Waals surface area contributed by atoms with Gasteiger partial charge in [-0.2, -0.15) is 10.5 Å². The van der Waals surface area contributed by atoms with Crippen LogP contribution in [0.25, 0.3) is 0 Å². The van der Waals surface area contributed by atoms with Crippen LogP contribution >= 0.6 is 0 Å². The van der Waals surface area contributed by atoms with E-state index in [4.69, 9.17) is 10.5 Å². The lowest BCUT2D eigenvalue weighted by atomic mass is 10.5. The van der Waals surface area contributed by atoms with Crippen LogP contribution in [0.5, 0.6) is 0 Å². The SMILES string of the molecule is N#CCCOOCCOOCCC#N. The third-order valence-electron chi connectivity index (χ3n) is 1.01. The predicted molar refractivity (Wildman–Crippen MR) is 44.3 cm³/mol. The van der Waals surface area contributed by atoms with Gasteiger partial charge in [0, 0.05) is 0 Å². The van der Waals surface area contributed by atoms with Crippen LogP contribution in [0.3, 0.4) is 0 Å². The molecule has 0 aromatic carbocycles. The van der Waals surface area contributed by atoms with Crippen molar-refractivity contribution in [3.63, 3.8) is 0 Å². The summed E-state index contributed by atoms with van der Waals surface area (Å²) in [6, 6.07) is 3.80. The van der Waals surface area contributed by atoms with E-state index >= 15 is 0 Å². The maximum atomic E-state index is 8.13. The molecule has 0 bridgehead atoms. The van der Waals surface area contributed by atoms with Crippen LogP contribution < -0.4 is 0 Å². The minimum absolute atomic E-state index is 0.220. The van der Waals surface area contributed by atoms with E-state index in [9.17, 15) is 0 Å². The Kier molecular flexibility index (Phi) is 10.8. The molecular formula is C8H12N2O4. The van der Waals surface area contributed by atoms with E-state index in [2.05, 4.69) is 19.6 Å². The second kappa shape index (κ2) is 11.8. The lowest BCUT2D eigenvalue weighted by Crippen LogP contribution is -2.06. The summed E-state index contributed by atoms with van der Waals surface area (Å²) in [5, 5.41) is 16.3. The summed E-state index contributed by atoms with van der Waals surface area (Å²) in [5.74, 6) is 0. The highest BCUT2D eigenvalue weighted by atomic mass is 17.2. The molecule has 0 aliphatic heterocycles. The molecule has 0 aromatic heterocycles. The molecule has 0 atom stereocenters. The van der Waals surface area contributed by atoms with Crippen LogP contribution in [0.4, 0.5) is 0 Å². The Labute approximate surface area is 82.4 Å². The summed E-state index contributed by atoms with van der Waals surface area (Å²) in [6.07, 6.45) is 0.582. The molecule has 0 saturated heterocycles. The van der Waals surface area contributed by atoms with E-state index in [0.717, 1.165) is 0 Å². The molecule has 0 unspecified atom stereocenters. The number of hydrogen-bond acceptors (Lipinski definition) is 6. The molecule has 0 radical (unpaired) electrons. The smallest absolute Gasteiger partial charge is 0.109 e. The average molecular weight is 200 g/mol. The van der Waals surface area contributed by atoms with Crippen LogP contribution in [-0.4, -0.2) is 26.4 Å². The second-order valence-electron chi connectivity index (χ2n) is 2.10. The summed E-state index contributed by atoms with van der Waals surface area (Å²) in [6.45, 7) is 0.924. The molecule has 0 N–H and O–H groups in total. The molecule has 0 heterocycles. The third-order valence-corrected chi connectivity index (χ3v) is 1.01. The first kappa shape index (κ1) is 12.8. The molecule has 0 saturated carbocycles. The zero-order chi connectivity index (χ0) is 10.5. The number of rotatable bonds is 9. The van der Waals surface area contributed by atoms with Crippen molar-refractivity contribution in [1.82, 2.24) is 0 Å². The highest BCUT2D eigenvalue weighted by Crippen LogP contribution is 1.86. The van der Waals surface area contributed by atoms with E-state index in [1.807, 2.05) is 12.1 Å². The standard InChI is InChI=1S/C8H12N2O4/c9-3-1-5-11-13-7-8-14-12-6-2-4-10/h1-2,5-8H2. The van der Waals surface area contributed by atoms with Crippen molar-refractivity contribution in [2.45, 2.75) is 12.8 Å². The van der Waals surface area contributed by atoms with Gasteiger partial charge in [-0.1, -0.05) is 0 Å². The molecule has 0 aromatic rings. The Bertz CT molecular complexity index is 174. The lowest BCUT2D eigenvalue weighted by molar-refractivity contribution is -0.339. The molecule has 6 nitrogen and oxygen atoms in total. The van der Waals surface area contributed by atoms with Gasteiger partial charge < -0.3 is 0 Å².